The van der Waals surface area contributed by atoms with Gasteiger partial charge in [-0.25, -0.2) is 9.18 Å². The first-order chi connectivity index (χ1) is 22.1. The van der Waals surface area contributed by atoms with Crippen LogP contribution >= 0.6 is 0 Å². The summed E-state index contributed by atoms with van der Waals surface area (Å²) in [7, 11) is 0. The molecule has 12 heteroatoms. The van der Waals surface area contributed by atoms with Gasteiger partial charge in [0.15, 0.2) is 5.96 Å². The molecule has 0 fully saturated rings. The van der Waals surface area contributed by atoms with Crippen LogP contribution in [-0.4, -0.2) is 52.9 Å². The van der Waals surface area contributed by atoms with Crippen LogP contribution in [0, 0.1) is 0 Å². The van der Waals surface area contributed by atoms with Crippen LogP contribution in [0.3, 0.4) is 0 Å². The van der Waals surface area contributed by atoms with Gasteiger partial charge in [0.1, 0.15) is 24.2 Å². The fourth-order valence-electron chi connectivity index (χ4n) is 4.55. The fraction of sp³-hybridized carbons (Fsp3) is 0.457. The highest BCUT2D eigenvalue weighted by atomic mass is 19.1. The smallest absolute Gasteiger partial charge is 0.354 e. The number of fused-ring (bicyclic) bond motifs is 1. The zero-order chi connectivity index (χ0) is 34.8. The maximum atomic E-state index is 13.1. The maximum Gasteiger partial charge on any atom is 0.354 e. The molecule has 4 aromatic rings. The van der Waals surface area contributed by atoms with Crippen LogP contribution in [0.25, 0.3) is 16.7 Å². The van der Waals surface area contributed by atoms with Crippen LogP contribution in [0.2, 0.25) is 0 Å². The van der Waals surface area contributed by atoms with Gasteiger partial charge in [-0.3, -0.25) is 9.56 Å². The Balaban J connectivity index is 0.000000287. The van der Waals surface area contributed by atoms with E-state index in [0.717, 1.165) is 53.0 Å². The molecule has 2 heterocycles. The van der Waals surface area contributed by atoms with E-state index in [1.165, 1.54) is 0 Å². The second-order valence-electron chi connectivity index (χ2n) is 13.6. The molecular formula is C35H52FN9O2. The highest BCUT2D eigenvalue weighted by Gasteiger charge is 2.18. The van der Waals surface area contributed by atoms with E-state index in [1.807, 2.05) is 42.6 Å². The number of guanidine groups is 1. The van der Waals surface area contributed by atoms with Gasteiger partial charge in [-0.05, 0) is 65.4 Å². The van der Waals surface area contributed by atoms with Crippen molar-refractivity contribution in [3.8, 4) is 11.4 Å². The van der Waals surface area contributed by atoms with Gasteiger partial charge in [0.25, 0.3) is 0 Å². The van der Waals surface area contributed by atoms with Gasteiger partial charge < -0.3 is 38.0 Å². The minimum absolute atomic E-state index is 0.00622. The lowest BCUT2D eigenvalue weighted by Gasteiger charge is -2.21. The molecule has 0 saturated heterocycles. The third-order valence-corrected chi connectivity index (χ3v) is 7.42. The summed E-state index contributed by atoms with van der Waals surface area (Å²) in [4.78, 5) is 23.9. The molecule has 2 aromatic heterocycles. The molecule has 11 nitrogen and oxygen atoms in total. The minimum Gasteiger partial charge on any atom is -0.490 e. The van der Waals surface area contributed by atoms with Crippen molar-refractivity contribution in [1.82, 2.24) is 19.9 Å². The van der Waals surface area contributed by atoms with Crippen LogP contribution in [0.15, 0.2) is 64.5 Å². The predicted molar refractivity (Wildman–Crippen MR) is 190 cm³/mol. The number of alkyl halides is 1. The maximum absolute atomic E-state index is 13.1. The van der Waals surface area contributed by atoms with Gasteiger partial charge in [-0.1, -0.05) is 59.7 Å². The van der Waals surface area contributed by atoms with E-state index in [2.05, 4.69) is 74.0 Å². The normalized spacial score (nSPS) is 12.4. The number of ether oxygens (including phenoxy) is 1. The number of aromatic nitrogens is 3. The topological polar surface area (TPSA) is 188 Å². The Morgan fingerprint density at radius 1 is 1.02 bits per heavy atom. The molecule has 0 saturated carbocycles. The summed E-state index contributed by atoms with van der Waals surface area (Å²) < 4.78 is 20.1. The molecule has 0 bridgehead atoms. The van der Waals surface area contributed by atoms with Gasteiger partial charge in [0.2, 0.25) is 0 Å². The van der Waals surface area contributed by atoms with E-state index >= 15 is 0 Å². The van der Waals surface area contributed by atoms with E-state index in [4.69, 9.17) is 27.7 Å². The van der Waals surface area contributed by atoms with Crippen LogP contribution < -0.4 is 38.7 Å². The van der Waals surface area contributed by atoms with E-state index in [9.17, 15) is 9.18 Å². The zero-order valence-electron chi connectivity index (χ0n) is 28.6. The van der Waals surface area contributed by atoms with Gasteiger partial charge in [-0.2, -0.15) is 4.98 Å². The van der Waals surface area contributed by atoms with Crippen molar-refractivity contribution in [1.29, 1.82) is 0 Å². The lowest BCUT2D eigenvalue weighted by Crippen LogP contribution is -2.23. The average Bonchev–Trinajstić information content (AvgIpc) is 3.45. The molecule has 2 aromatic carbocycles. The van der Waals surface area contributed by atoms with Crippen molar-refractivity contribution in [2.24, 2.45) is 27.9 Å². The number of nitrogens with one attached hydrogen (secondary N) is 2. The Labute approximate surface area is 277 Å². The highest BCUT2D eigenvalue weighted by Crippen LogP contribution is 2.28. The van der Waals surface area contributed by atoms with Gasteiger partial charge >= 0.3 is 5.69 Å². The molecule has 256 valence electrons. The number of halogens is 1. The van der Waals surface area contributed by atoms with E-state index in [1.54, 1.807) is 4.57 Å². The first-order valence-electron chi connectivity index (χ1n) is 15.9. The Morgan fingerprint density at radius 3 is 2.32 bits per heavy atom. The molecule has 1 atom stereocenters. The first kappa shape index (κ1) is 37.2. The lowest BCUT2D eigenvalue weighted by molar-refractivity contribution is 0.200. The molecule has 0 amide bonds. The second kappa shape index (κ2) is 16.5. The van der Waals surface area contributed by atoms with Crippen molar-refractivity contribution < 1.29 is 9.13 Å². The number of benzene rings is 2. The molecular weight excluding hydrogens is 597 g/mol. The Kier molecular flexibility index (Phi) is 13.1. The number of H-pyrrole nitrogens is 1. The molecule has 0 aliphatic rings. The fourth-order valence-corrected chi connectivity index (χ4v) is 4.55. The molecule has 0 aliphatic heterocycles. The quantitative estimate of drug-likeness (QED) is 0.0757. The number of aliphatic imine (C=N–C) groups is 1. The van der Waals surface area contributed by atoms with Crippen LogP contribution in [0.1, 0.15) is 70.3 Å². The van der Waals surface area contributed by atoms with Crippen LogP contribution in [-0.2, 0) is 23.9 Å². The number of hydrogen-bond acceptors (Lipinski definition) is 7. The van der Waals surface area contributed by atoms with E-state index in [0.29, 0.717) is 24.5 Å². The number of nitrogens with two attached hydrogens (primary N) is 4. The largest absolute Gasteiger partial charge is 0.490 e. The molecule has 0 spiro atoms. The number of nitrogens with zero attached hydrogens (tertiary/aromatic N) is 3. The van der Waals surface area contributed by atoms with E-state index in [-0.39, 0.29) is 35.6 Å². The number of hydrogen-bond donors (Lipinski definition) is 6. The third kappa shape index (κ3) is 11.5. The Morgan fingerprint density at radius 2 is 1.72 bits per heavy atom. The summed E-state index contributed by atoms with van der Waals surface area (Å²) in [6.07, 6.45) is 1.57. The summed E-state index contributed by atoms with van der Waals surface area (Å²) in [5.74, 6) is 0.775. The Hall–Kier alpha value is -4.26. The highest BCUT2D eigenvalue weighted by molar-refractivity contribution is 5.76. The van der Waals surface area contributed by atoms with Crippen molar-refractivity contribution in [2.75, 3.05) is 26.2 Å². The SMILES string of the molecule is CC(C)(C)c1cc(CN)cc(OC[C@H](F)CN)c1.CC(C)(C)c1cc2cn(-c3ccc(CNCCCN=C(N)N)cc3)c(=O)nc2[nH]1. The predicted octanol–water partition coefficient (Wildman–Crippen LogP) is 3.88. The standard InChI is InChI=1S/C21H29N7O.C14H23FN2O/c1-21(2,3)17-11-15-13-28(20(29)27-18(15)26-17)16-7-5-14(6-8-16)12-24-9-4-10-25-19(22)23;1-14(2,3)11-4-10(7-16)5-13(6-11)18-9-12(15)8-17/h5-8,11,13,24H,4,9-10,12H2,1-3H3,(H4,22,23,25)(H,26,27,29);4-6,12H,7-9,16-17H2,1-3H3/t;12-/m.1/s1. The Bertz CT molecular complexity index is 1660. The van der Waals surface area contributed by atoms with Crippen molar-refractivity contribution in [3.63, 3.8) is 0 Å². The van der Waals surface area contributed by atoms with E-state index < -0.39 is 6.17 Å². The molecule has 47 heavy (non-hydrogen) atoms. The second-order valence-corrected chi connectivity index (χ2v) is 13.6. The minimum atomic E-state index is -1.13. The zero-order valence-corrected chi connectivity index (χ0v) is 28.6. The van der Waals surface area contributed by atoms with Gasteiger partial charge in [-0.15, -0.1) is 0 Å². The van der Waals surface area contributed by atoms with Gasteiger partial charge in [0.05, 0.1) is 5.69 Å². The summed E-state index contributed by atoms with van der Waals surface area (Å²) in [5, 5.41) is 4.27. The lowest BCUT2D eigenvalue weighted by atomic mass is 9.86. The first-order valence-corrected chi connectivity index (χ1v) is 15.9. The van der Waals surface area contributed by atoms with Crippen molar-refractivity contribution >= 4 is 17.0 Å². The van der Waals surface area contributed by atoms with Crippen LogP contribution in [0.4, 0.5) is 4.39 Å². The molecule has 0 aliphatic carbocycles. The summed E-state index contributed by atoms with van der Waals surface area (Å²) >= 11 is 0. The summed E-state index contributed by atoms with van der Waals surface area (Å²) in [6.45, 7) is 15.3. The third-order valence-electron chi connectivity index (χ3n) is 7.42. The number of rotatable bonds is 12. The van der Waals surface area contributed by atoms with Gasteiger partial charge in [0, 0.05) is 48.9 Å². The molecule has 4 rings (SSSR count). The molecule has 0 radical (unpaired) electrons. The summed E-state index contributed by atoms with van der Waals surface area (Å²) in [6, 6.07) is 15.8. The molecule has 10 N–H and O–H groups in total. The van der Waals surface area contributed by atoms with Crippen molar-refractivity contribution in [3.05, 3.63) is 87.6 Å². The van der Waals surface area contributed by atoms with Crippen molar-refractivity contribution in [2.45, 2.75) is 78.1 Å². The van der Waals surface area contributed by atoms with Crippen LogP contribution in [0.5, 0.6) is 5.75 Å². The average molecular weight is 650 g/mol. The monoisotopic (exact) mass is 649 g/mol. The number of aromatic amines is 1. The molecule has 0 unspecified atom stereocenters. The summed E-state index contributed by atoms with van der Waals surface area (Å²) in [5.41, 5.74) is 26.9.